The highest BCUT2D eigenvalue weighted by Gasteiger charge is 2.37. The molecule has 0 bridgehead atoms. The van der Waals surface area contributed by atoms with E-state index < -0.39 is 0 Å². The van der Waals surface area contributed by atoms with Gasteiger partial charge in [-0.2, -0.15) is 0 Å². The molecule has 2 rings (SSSR count). The van der Waals surface area contributed by atoms with E-state index in [9.17, 15) is 5.11 Å². The average Bonchev–Trinajstić information content (AvgIpc) is 2.83. The lowest BCUT2D eigenvalue weighted by Gasteiger charge is -1.98. The molecule has 1 aliphatic rings. The van der Waals surface area contributed by atoms with Crippen molar-refractivity contribution in [3.8, 4) is 5.75 Å². The molecule has 0 heterocycles. The minimum absolute atomic E-state index is 0.264. The zero-order valence-corrected chi connectivity index (χ0v) is 6.77. The highest BCUT2D eigenvalue weighted by atomic mass is 16.3. The van der Waals surface area contributed by atoms with Gasteiger partial charge in [0.05, 0.1) is 0 Å². The molecule has 12 heavy (non-hydrogen) atoms. The van der Waals surface area contributed by atoms with Crippen LogP contribution in [-0.4, -0.2) is 16.8 Å². The summed E-state index contributed by atoms with van der Waals surface area (Å²) in [7, 11) is 0. The third kappa shape index (κ3) is 1.30. The lowest BCUT2D eigenvalue weighted by Crippen LogP contribution is -1.87. The number of aliphatic hydroxyl groups is 1. The molecule has 1 aromatic carbocycles. The van der Waals surface area contributed by atoms with E-state index in [0.717, 1.165) is 12.0 Å². The Balaban J connectivity index is 2.14. The zero-order chi connectivity index (χ0) is 8.55. The topological polar surface area (TPSA) is 40.5 Å². The average molecular weight is 164 g/mol. The first-order valence-electron chi connectivity index (χ1n) is 4.21. The van der Waals surface area contributed by atoms with Gasteiger partial charge in [-0.15, -0.1) is 0 Å². The Morgan fingerprint density at radius 2 is 2.25 bits per heavy atom. The maximum atomic E-state index is 9.19. The van der Waals surface area contributed by atoms with E-state index in [2.05, 4.69) is 0 Å². The van der Waals surface area contributed by atoms with Gasteiger partial charge in [0.2, 0.25) is 0 Å². The van der Waals surface area contributed by atoms with Crippen molar-refractivity contribution in [3.05, 3.63) is 29.8 Å². The standard InChI is InChI=1S/C10H12O2/c11-6-8-5-10(8)7-2-1-3-9(12)4-7/h1-4,8,10-12H,5-6H2. The molecule has 2 unspecified atom stereocenters. The molecule has 0 radical (unpaired) electrons. The van der Waals surface area contributed by atoms with E-state index >= 15 is 0 Å². The van der Waals surface area contributed by atoms with Crippen LogP contribution in [0.2, 0.25) is 0 Å². The van der Waals surface area contributed by atoms with Crippen molar-refractivity contribution in [2.75, 3.05) is 6.61 Å². The van der Waals surface area contributed by atoms with Crippen LogP contribution in [0.5, 0.6) is 5.75 Å². The molecule has 0 aliphatic heterocycles. The summed E-state index contributed by atoms with van der Waals surface area (Å²) in [6.07, 6.45) is 1.06. The Hall–Kier alpha value is -1.02. The second-order valence-corrected chi connectivity index (χ2v) is 3.38. The van der Waals surface area contributed by atoms with Gasteiger partial charge in [0.15, 0.2) is 0 Å². The smallest absolute Gasteiger partial charge is 0.115 e. The molecule has 0 spiro atoms. The van der Waals surface area contributed by atoms with Crippen molar-refractivity contribution >= 4 is 0 Å². The molecular weight excluding hydrogens is 152 g/mol. The molecule has 1 aliphatic carbocycles. The molecule has 2 N–H and O–H groups in total. The highest BCUT2D eigenvalue weighted by Crippen LogP contribution is 2.47. The van der Waals surface area contributed by atoms with Gasteiger partial charge < -0.3 is 10.2 Å². The zero-order valence-electron chi connectivity index (χ0n) is 6.77. The monoisotopic (exact) mass is 164 g/mol. The lowest BCUT2D eigenvalue weighted by molar-refractivity contribution is 0.274. The molecule has 0 saturated heterocycles. The van der Waals surface area contributed by atoms with E-state index in [1.807, 2.05) is 12.1 Å². The molecule has 2 heteroatoms. The van der Waals surface area contributed by atoms with Crippen LogP contribution in [0.1, 0.15) is 17.9 Å². The molecule has 1 fully saturated rings. The van der Waals surface area contributed by atoms with E-state index in [-0.39, 0.29) is 6.61 Å². The van der Waals surface area contributed by atoms with Crippen molar-refractivity contribution < 1.29 is 10.2 Å². The van der Waals surface area contributed by atoms with Gasteiger partial charge in [-0.05, 0) is 36.0 Å². The van der Waals surface area contributed by atoms with Crippen LogP contribution in [0.25, 0.3) is 0 Å². The van der Waals surface area contributed by atoms with E-state index in [1.54, 1.807) is 12.1 Å². The third-order valence-electron chi connectivity index (χ3n) is 2.46. The summed E-state index contributed by atoms with van der Waals surface area (Å²) in [5.74, 6) is 1.21. The normalized spacial score (nSPS) is 27.1. The van der Waals surface area contributed by atoms with E-state index in [1.165, 1.54) is 0 Å². The van der Waals surface area contributed by atoms with Crippen LogP contribution in [0, 0.1) is 5.92 Å². The van der Waals surface area contributed by atoms with Crippen LogP contribution in [-0.2, 0) is 0 Å². The SMILES string of the molecule is OCC1CC1c1cccc(O)c1. The molecule has 0 amide bonds. The number of aliphatic hydroxyl groups excluding tert-OH is 1. The number of phenols is 1. The van der Waals surface area contributed by atoms with Crippen molar-refractivity contribution in [1.82, 2.24) is 0 Å². The predicted octanol–water partition coefficient (Wildman–Crippen LogP) is 1.49. The summed E-state index contributed by atoms with van der Waals surface area (Å²) in [5, 5.41) is 18.0. The van der Waals surface area contributed by atoms with Gasteiger partial charge in [0, 0.05) is 6.61 Å². The Morgan fingerprint density at radius 1 is 1.42 bits per heavy atom. The Kier molecular flexibility index (Phi) is 1.77. The second kappa shape index (κ2) is 2.79. The summed E-state index contributed by atoms with van der Waals surface area (Å²) in [5.41, 5.74) is 1.15. The second-order valence-electron chi connectivity index (χ2n) is 3.38. The van der Waals surface area contributed by atoms with Crippen molar-refractivity contribution in [3.63, 3.8) is 0 Å². The fraction of sp³-hybridized carbons (Fsp3) is 0.400. The number of benzene rings is 1. The summed E-state index contributed by atoms with van der Waals surface area (Å²) in [6.45, 7) is 0.264. The van der Waals surface area contributed by atoms with E-state index in [0.29, 0.717) is 17.6 Å². The van der Waals surface area contributed by atoms with Gasteiger partial charge in [-0.3, -0.25) is 0 Å². The van der Waals surface area contributed by atoms with Gasteiger partial charge in [-0.25, -0.2) is 0 Å². The third-order valence-corrected chi connectivity index (χ3v) is 2.46. The number of hydrogen-bond acceptors (Lipinski definition) is 2. The number of hydrogen-bond donors (Lipinski definition) is 2. The quantitative estimate of drug-likeness (QED) is 0.695. The van der Waals surface area contributed by atoms with Gasteiger partial charge >= 0.3 is 0 Å². The fourth-order valence-electron chi connectivity index (χ4n) is 1.61. The summed E-state index contributed by atoms with van der Waals surface area (Å²) >= 11 is 0. The van der Waals surface area contributed by atoms with Crippen molar-refractivity contribution in [1.29, 1.82) is 0 Å². The van der Waals surface area contributed by atoms with Crippen LogP contribution < -0.4 is 0 Å². The first-order chi connectivity index (χ1) is 5.81. The number of aromatic hydroxyl groups is 1. The first kappa shape index (κ1) is 7.62. The molecule has 0 aromatic heterocycles. The maximum absolute atomic E-state index is 9.19. The van der Waals surface area contributed by atoms with Crippen LogP contribution >= 0.6 is 0 Å². The summed E-state index contributed by atoms with van der Waals surface area (Å²) in [4.78, 5) is 0. The van der Waals surface area contributed by atoms with Gasteiger partial charge in [0.25, 0.3) is 0 Å². The molecule has 1 saturated carbocycles. The fourth-order valence-corrected chi connectivity index (χ4v) is 1.61. The predicted molar refractivity (Wildman–Crippen MR) is 46.0 cm³/mol. The Bertz CT molecular complexity index is 283. The van der Waals surface area contributed by atoms with Crippen molar-refractivity contribution in [2.45, 2.75) is 12.3 Å². The molecular formula is C10H12O2. The molecule has 64 valence electrons. The highest BCUT2D eigenvalue weighted by molar-refractivity contribution is 5.33. The Labute approximate surface area is 71.5 Å². The van der Waals surface area contributed by atoms with Crippen LogP contribution in [0.3, 0.4) is 0 Å². The van der Waals surface area contributed by atoms with Crippen LogP contribution in [0.4, 0.5) is 0 Å². The van der Waals surface area contributed by atoms with Gasteiger partial charge in [-0.1, -0.05) is 12.1 Å². The lowest BCUT2D eigenvalue weighted by atomic mass is 10.1. The summed E-state index contributed by atoms with van der Waals surface area (Å²) < 4.78 is 0. The first-order valence-corrected chi connectivity index (χ1v) is 4.21. The largest absolute Gasteiger partial charge is 0.508 e. The molecule has 2 nitrogen and oxygen atoms in total. The Morgan fingerprint density at radius 3 is 2.83 bits per heavy atom. The maximum Gasteiger partial charge on any atom is 0.115 e. The number of phenolic OH excluding ortho intramolecular Hbond substituents is 1. The summed E-state index contributed by atoms with van der Waals surface area (Å²) in [6, 6.07) is 7.29. The minimum Gasteiger partial charge on any atom is -0.508 e. The van der Waals surface area contributed by atoms with Gasteiger partial charge in [0.1, 0.15) is 5.75 Å². The minimum atomic E-state index is 0.264. The molecule has 2 atom stereocenters. The van der Waals surface area contributed by atoms with Crippen molar-refractivity contribution in [2.24, 2.45) is 5.92 Å². The molecule has 1 aromatic rings. The number of rotatable bonds is 2. The van der Waals surface area contributed by atoms with Crippen LogP contribution in [0.15, 0.2) is 24.3 Å². The van der Waals surface area contributed by atoms with E-state index in [4.69, 9.17) is 5.11 Å².